The molecule has 17 heavy (non-hydrogen) atoms. The predicted molar refractivity (Wildman–Crippen MR) is 68.2 cm³/mol. The molecular formula is C12H19N3O2. The van der Waals surface area contributed by atoms with Crippen LogP contribution < -0.4 is 11.1 Å². The summed E-state index contributed by atoms with van der Waals surface area (Å²) in [7, 11) is 0. The maximum absolute atomic E-state index is 10.9. The topological polar surface area (TPSA) is 88.2 Å². The number of pyridine rings is 1. The van der Waals surface area contributed by atoms with E-state index in [9.17, 15) is 4.79 Å². The predicted octanol–water partition coefficient (Wildman–Crippen LogP) is 2.35. The number of unbranched alkanes of at least 4 members (excludes halogenated alkanes) is 1. The van der Waals surface area contributed by atoms with E-state index in [2.05, 4.69) is 17.2 Å². The monoisotopic (exact) mass is 237 g/mol. The average Bonchev–Trinajstić information content (AvgIpc) is 2.28. The van der Waals surface area contributed by atoms with E-state index in [-0.39, 0.29) is 17.3 Å². The molecule has 1 atom stereocenters. The van der Waals surface area contributed by atoms with Crippen LogP contribution in [-0.2, 0) is 0 Å². The van der Waals surface area contributed by atoms with Crippen molar-refractivity contribution in [3.05, 3.63) is 17.8 Å². The molecule has 0 radical (unpaired) electrons. The lowest BCUT2D eigenvalue weighted by atomic mass is 10.1. The van der Waals surface area contributed by atoms with E-state index in [1.807, 2.05) is 6.92 Å². The molecule has 5 heteroatoms. The number of aromatic nitrogens is 1. The van der Waals surface area contributed by atoms with E-state index in [0.717, 1.165) is 19.3 Å². The van der Waals surface area contributed by atoms with E-state index in [4.69, 9.17) is 10.8 Å². The molecule has 0 aliphatic carbocycles. The van der Waals surface area contributed by atoms with Gasteiger partial charge in [0.1, 0.15) is 5.82 Å². The minimum Gasteiger partial charge on any atom is -0.478 e. The summed E-state index contributed by atoms with van der Waals surface area (Å²) in [5, 5.41) is 12.1. The molecular weight excluding hydrogens is 218 g/mol. The van der Waals surface area contributed by atoms with Crippen molar-refractivity contribution in [2.24, 2.45) is 0 Å². The summed E-state index contributed by atoms with van der Waals surface area (Å²) in [4.78, 5) is 15.0. The molecule has 1 heterocycles. The molecule has 94 valence electrons. The summed E-state index contributed by atoms with van der Waals surface area (Å²) in [5.74, 6) is -0.581. The zero-order chi connectivity index (χ0) is 12.8. The van der Waals surface area contributed by atoms with Crippen molar-refractivity contribution in [3.8, 4) is 0 Å². The van der Waals surface area contributed by atoms with Crippen molar-refractivity contribution < 1.29 is 9.90 Å². The van der Waals surface area contributed by atoms with Crippen LogP contribution in [0.15, 0.2) is 12.3 Å². The number of carboxylic acid groups (broad SMARTS) is 1. The molecule has 1 unspecified atom stereocenters. The first-order chi connectivity index (χ1) is 8.06. The third-order valence-corrected chi connectivity index (χ3v) is 2.59. The van der Waals surface area contributed by atoms with E-state index in [0.29, 0.717) is 5.82 Å². The Hall–Kier alpha value is -1.78. The van der Waals surface area contributed by atoms with Gasteiger partial charge in [0.25, 0.3) is 0 Å². The minimum absolute atomic E-state index is 0.0881. The zero-order valence-electron chi connectivity index (χ0n) is 10.2. The van der Waals surface area contributed by atoms with Gasteiger partial charge >= 0.3 is 5.97 Å². The highest BCUT2D eigenvalue weighted by atomic mass is 16.4. The standard InChI is InChI=1S/C12H19N3O2/c1-3-4-5-8(2)15-11-10(13)9(12(16)17)6-7-14-11/h6-8H,3-5,13H2,1-2H3,(H,14,15)(H,16,17). The Kier molecular flexibility index (Phi) is 4.75. The molecule has 0 bridgehead atoms. The Balaban J connectivity index is 2.77. The Morgan fingerprint density at radius 2 is 2.35 bits per heavy atom. The van der Waals surface area contributed by atoms with Gasteiger partial charge in [-0.3, -0.25) is 0 Å². The average molecular weight is 237 g/mol. The third kappa shape index (κ3) is 3.62. The van der Waals surface area contributed by atoms with Gasteiger partial charge in [-0.1, -0.05) is 19.8 Å². The zero-order valence-corrected chi connectivity index (χ0v) is 10.2. The number of nitrogens with one attached hydrogen (secondary N) is 1. The normalized spacial score (nSPS) is 12.1. The number of nitrogens with two attached hydrogens (primary N) is 1. The second kappa shape index (κ2) is 6.08. The Morgan fingerprint density at radius 3 is 2.94 bits per heavy atom. The SMILES string of the molecule is CCCCC(C)Nc1nccc(C(=O)O)c1N. The summed E-state index contributed by atoms with van der Waals surface area (Å²) >= 11 is 0. The largest absolute Gasteiger partial charge is 0.478 e. The summed E-state index contributed by atoms with van der Waals surface area (Å²) in [6.07, 6.45) is 4.71. The molecule has 1 aromatic rings. The molecule has 0 saturated carbocycles. The van der Waals surface area contributed by atoms with Gasteiger partial charge in [-0.15, -0.1) is 0 Å². The van der Waals surface area contributed by atoms with Crippen LogP contribution in [0.5, 0.6) is 0 Å². The van der Waals surface area contributed by atoms with Gasteiger partial charge in [-0.25, -0.2) is 9.78 Å². The molecule has 4 N–H and O–H groups in total. The van der Waals surface area contributed by atoms with Crippen LogP contribution in [0.4, 0.5) is 11.5 Å². The Labute approximate surface area is 101 Å². The lowest BCUT2D eigenvalue weighted by molar-refractivity contribution is 0.0698. The number of hydrogen-bond donors (Lipinski definition) is 3. The number of carbonyl (C=O) groups is 1. The maximum Gasteiger partial charge on any atom is 0.337 e. The van der Waals surface area contributed by atoms with Crippen molar-refractivity contribution in [2.45, 2.75) is 39.2 Å². The van der Waals surface area contributed by atoms with Crippen LogP contribution in [-0.4, -0.2) is 22.1 Å². The van der Waals surface area contributed by atoms with Gasteiger partial charge in [-0.2, -0.15) is 0 Å². The Morgan fingerprint density at radius 1 is 1.65 bits per heavy atom. The van der Waals surface area contributed by atoms with Crippen molar-refractivity contribution in [1.82, 2.24) is 4.98 Å². The molecule has 0 aliphatic rings. The summed E-state index contributed by atoms with van der Waals surface area (Å²) < 4.78 is 0. The van der Waals surface area contributed by atoms with Crippen LogP contribution in [0.1, 0.15) is 43.5 Å². The number of aromatic carboxylic acids is 1. The van der Waals surface area contributed by atoms with Gasteiger partial charge in [-0.05, 0) is 19.4 Å². The lowest BCUT2D eigenvalue weighted by Gasteiger charge is -2.16. The third-order valence-electron chi connectivity index (χ3n) is 2.59. The lowest BCUT2D eigenvalue weighted by Crippen LogP contribution is -2.18. The molecule has 0 spiro atoms. The fourth-order valence-corrected chi connectivity index (χ4v) is 1.59. The molecule has 1 rings (SSSR count). The smallest absolute Gasteiger partial charge is 0.337 e. The highest BCUT2D eigenvalue weighted by molar-refractivity contribution is 5.96. The van der Waals surface area contributed by atoms with Gasteiger partial charge in [0.15, 0.2) is 0 Å². The number of rotatable bonds is 6. The number of nitrogen functional groups attached to an aromatic ring is 1. The Bertz CT molecular complexity index is 393. The van der Waals surface area contributed by atoms with Crippen molar-refractivity contribution >= 4 is 17.5 Å². The summed E-state index contributed by atoms with van der Waals surface area (Å²) in [6.45, 7) is 4.16. The summed E-state index contributed by atoms with van der Waals surface area (Å²) in [6, 6.07) is 1.63. The van der Waals surface area contributed by atoms with E-state index < -0.39 is 5.97 Å². The second-order valence-corrected chi connectivity index (χ2v) is 4.11. The van der Waals surface area contributed by atoms with Gasteiger partial charge in [0, 0.05) is 12.2 Å². The molecule has 0 aromatic carbocycles. The number of nitrogens with zero attached hydrogens (tertiary/aromatic N) is 1. The van der Waals surface area contributed by atoms with Gasteiger partial charge in [0.2, 0.25) is 0 Å². The number of hydrogen-bond acceptors (Lipinski definition) is 4. The van der Waals surface area contributed by atoms with Crippen LogP contribution in [0.2, 0.25) is 0 Å². The van der Waals surface area contributed by atoms with Gasteiger partial charge in [0.05, 0.1) is 11.3 Å². The molecule has 1 aromatic heterocycles. The van der Waals surface area contributed by atoms with Crippen molar-refractivity contribution in [1.29, 1.82) is 0 Å². The molecule has 5 nitrogen and oxygen atoms in total. The molecule has 0 amide bonds. The van der Waals surface area contributed by atoms with E-state index in [1.165, 1.54) is 12.3 Å². The van der Waals surface area contributed by atoms with Crippen LogP contribution >= 0.6 is 0 Å². The van der Waals surface area contributed by atoms with Crippen LogP contribution in [0.3, 0.4) is 0 Å². The first-order valence-electron chi connectivity index (χ1n) is 5.80. The fraction of sp³-hybridized carbons (Fsp3) is 0.500. The molecule has 0 aliphatic heterocycles. The minimum atomic E-state index is -1.03. The highest BCUT2D eigenvalue weighted by Crippen LogP contribution is 2.21. The first-order valence-corrected chi connectivity index (χ1v) is 5.80. The van der Waals surface area contributed by atoms with Gasteiger partial charge < -0.3 is 16.2 Å². The van der Waals surface area contributed by atoms with Crippen LogP contribution in [0, 0.1) is 0 Å². The van der Waals surface area contributed by atoms with E-state index >= 15 is 0 Å². The van der Waals surface area contributed by atoms with Crippen LogP contribution in [0.25, 0.3) is 0 Å². The van der Waals surface area contributed by atoms with Crippen molar-refractivity contribution in [2.75, 3.05) is 11.1 Å². The summed E-state index contributed by atoms with van der Waals surface area (Å²) in [5.41, 5.74) is 6.04. The first kappa shape index (κ1) is 13.3. The molecule has 0 saturated heterocycles. The molecule has 0 fully saturated rings. The van der Waals surface area contributed by atoms with E-state index in [1.54, 1.807) is 0 Å². The number of anilines is 2. The van der Waals surface area contributed by atoms with Crippen molar-refractivity contribution in [3.63, 3.8) is 0 Å². The quantitative estimate of drug-likeness (QED) is 0.706. The number of carboxylic acids is 1. The second-order valence-electron chi connectivity index (χ2n) is 4.11. The maximum atomic E-state index is 10.9. The highest BCUT2D eigenvalue weighted by Gasteiger charge is 2.13. The fourth-order valence-electron chi connectivity index (χ4n) is 1.59.